The van der Waals surface area contributed by atoms with Gasteiger partial charge in [-0.1, -0.05) is 56.2 Å². The predicted octanol–water partition coefficient (Wildman–Crippen LogP) is 2.68. The minimum Gasteiger partial charge on any atom is -0.361 e. The Bertz CT molecular complexity index is 1070. The third kappa shape index (κ3) is 4.97. The zero-order valence-electron chi connectivity index (χ0n) is 16.1. The Hall–Kier alpha value is -3.26. The summed E-state index contributed by atoms with van der Waals surface area (Å²) in [5.41, 5.74) is 5.67. The second kappa shape index (κ2) is 9.79. The molecule has 2 aromatic carbocycles. The van der Waals surface area contributed by atoms with E-state index in [9.17, 15) is 9.59 Å². The van der Waals surface area contributed by atoms with Crippen molar-refractivity contribution >= 4 is 34.0 Å². The molecule has 29 heavy (non-hydrogen) atoms. The van der Waals surface area contributed by atoms with Crippen molar-refractivity contribution in [1.29, 1.82) is 0 Å². The summed E-state index contributed by atoms with van der Waals surface area (Å²) in [7, 11) is 0. The second-order valence-corrected chi connectivity index (χ2v) is 6.90. The summed E-state index contributed by atoms with van der Waals surface area (Å²) in [4.78, 5) is 25.7. The van der Waals surface area contributed by atoms with Crippen LogP contribution in [0.25, 0.3) is 16.5 Å². The maximum absolute atomic E-state index is 12.9. The summed E-state index contributed by atoms with van der Waals surface area (Å²) in [6, 6.07) is 15.9. The number of rotatable bonds is 6. The van der Waals surface area contributed by atoms with Crippen LogP contribution in [0.15, 0.2) is 59.4 Å². The number of carbonyl (C=O) groups is 1. The first-order chi connectivity index (χ1) is 14.1. The van der Waals surface area contributed by atoms with Gasteiger partial charge in [0, 0.05) is 11.9 Å². The molecule has 1 amide bonds. The molecule has 0 saturated heterocycles. The van der Waals surface area contributed by atoms with Crippen LogP contribution in [-0.2, 0) is 0 Å². The highest BCUT2D eigenvalue weighted by molar-refractivity contribution is 7.80. The molecular formula is C21H23N5O2S. The van der Waals surface area contributed by atoms with Gasteiger partial charge in [0.15, 0.2) is 10.8 Å². The van der Waals surface area contributed by atoms with Crippen molar-refractivity contribution in [2.45, 2.75) is 26.2 Å². The standard InChI is InChI=1S/C21H23N5O2S/c1-2-3-9-14-22-21(29)24-23-19(27)18-16-12-7-8-13-17(16)20(28)26(25-18)15-10-5-4-6-11-15/h4-8,10-13H,2-3,9,14H2,1H3,(H,23,27)(H2,22,24,29). The lowest BCUT2D eigenvalue weighted by molar-refractivity contribution is 0.0939. The first-order valence-electron chi connectivity index (χ1n) is 9.53. The largest absolute Gasteiger partial charge is 0.361 e. The summed E-state index contributed by atoms with van der Waals surface area (Å²) in [5, 5.41) is 8.58. The van der Waals surface area contributed by atoms with Crippen LogP contribution in [0.1, 0.15) is 36.7 Å². The molecule has 0 aliphatic rings. The molecule has 3 N–H and O–H groups in total. The highest BCUT2D eigenvalue weighted by atomic mass is 32.1. The maximum atomic E-state index is 12.9. The monoisotopic (exact) mass is 409 g/mol. The number of hydrazine groups is 1. The van der Waals surface area contributed by atoms with E-state index in [1.807, 2.05) is 18.2 Å². The van der Waals surface area contributed by atoms with E-state index in [-0.39, 0.29) is 11.3 Å². The van der Waals surface area contributed by atoms with Crippen molar-refractivity contribution in [2.75, 3.05) is 6.54 Å². The molecule has 0 fully saturated rings. The normalized spacial score (nSPS) is 10.5. The average molecular weight is 410 g/mol. The number of nitrogens with zero attached hydrogens (tertiary/aromatic N) is 2. The maximum Gasteiger partial charge on any atom is 0.290 e. The van der Waals surface area contributed by atoms with Crippen LogP contribution in [0.5, 0.6) is 0 Å². The zero-order valence-corrected chi connectivity index (χ0v) is 17.0. The number of para-hydroxylation sites is 1. The fourth-order valence-electron chi connectivity index (χ4n) is 2.90. The van der Waals surface area contributed by atoms with Gasteiger partial charge < -0.3 is 5.32 Å². The minimum atomic E-state index is -0.483. The molecule has 1 aromatic heterocycles. The van der Waals surface area contributed by atoms with Crippen molar-refractivity contribution in [1.82, 2.24) is 25.9 Å². The van der Waals surface area contributed by atoms with Gasteiger partial charge >= 0.3 is 0 Å². The molecule has 3 aromatic rings. The fourth-order valence-corrected chi connectivity index (χ4v) is 3.05. The zero-order chi connectivity index (χ0) is 20.6. The van der Waals surface area contributed by atoms with Gasteiger partial charge in [-0.2, -0.15) is 9.78 Å². The number of hydrogen-bond donors (Lipinski definition) is 3. The summed E-state index contributed by atoms with van der Waals surface area (Å²) >= 11 is 5.18. The van der Waals surface area contributed by atoms with E-state index in [1.54, 1.807) is 36.4 Å². The highest BCUT2D eigenvalue weighted by Crippen LogP contribution is 2.15. The number of thiocarbonyl (C=S) groups is 1. The fraction of sp³-hybridized carbons (Fsp3) is 0.238. The molecule has 150 valence electrons. The molecule has 0 saturated carbocycles. The molecule has 7 nitrogen and oxygen atoms in total. The van der Waals surface area contributed by atoms with Gasteiger partial charge in [0.05, 0.1) is 11.1 Å². The van der Waals surface area contributed by atoms with E-state index in [4.69, 9.17) is 12.2 Å². The third-order valence-electron chi connectivity index (χ3n) is 4.38. The highest BCUT2D eigenvalue weighted by Gasteiger charge is 2.17. The van der Waals surface area contributed by atoms with E-state index in [0.717, 1.165) is 25.8 Å². The molecule has 0 atom stereocenters. The molecule has 0 radical (unpaired) electrons. The van der Waals surface area contributed by atoms with Crippen LogP contribution in [0.3, 0.4) is 0 Å². The SMILES string of the molecule is CCCCCNC(=S)NNC(=O)c1nn(-c2ccccc2)c(=O)c2ccccc12. The number of nitrogens with one attached hydrogen (secondary N) is 3. The number of carbonyl (C=O) groups excluding carboxylic acids is 1. The third-order valence-corrected chi connectivity index (χ3v) is 4.62. The van der Waals surface area contributed by atoms with E-state index >= 15 is 0 Å². The lowest BCUT2D eigenvalue weighted by Gasteiger charge is -2.13. The van der Waals surface area contributed by atoms with Gasteiger partial charge in [-0.25, -0.2) is 0 Å². The Kier molecular flexibility index (Phi) is 6.91. The van der Waals surface area contributed by atoms with Gasteiger partial charge in [-0.3, -0.25) is 20.4 Å². The van der Waals surface area contributed by atoms with Gasteiger partial charge in [-0.15, -0.1) is 0 Å². The molecule has 0 aliphatic carbocycles. The van der Waals surface area contributed by atoms with Crippen LogP contribution >= 0.6 is 12.2 Å². The van der Waals surface area contributed by atoms with Crippen molar-refractivity contribution in [3.05, 3.63) is 70.6 Å². The summed E-state index contributed by atoms with van der Waals surface area (Å²) in [6.45, 7) is 2.86. The molecule has 0 spiro atoms. The predicted molar refractivity (Wildman–Crippen MR) is 118 cm³/mol. The van der Waals surface area contributed by atoms with Crippen molar-refractivity contribution in [2.24, 2.45) is 0 Å². The van der Waals surface area contributed by atoms with Gasteiger partial charge in [0.25, 0.3) is 11.5 Å². The number of fused-ring (bicyclic) bond motifs is 1. The van der Waals surface area contributed by atoms with Crippen molar-refractivity contribution in [3.63, 3.8) is 0 Å². The second-order valence-electron chi connectivity index (χ2n) is 6.49. The number of amides is 1. The molecule has 3 rings (SSSR count). The Morgan fingerprint density at radius 1 is 1.00 bits per heavy atom. The van der Waals surface area contributed by atoms with Gasteiger partial charge in [0.2, 0.25) is 0 Å². The van der Waals surface area contributed by atoms with Crippen LogP contribution in [0.4, 0.5) is 0 Å². The van der Waals surface area contributed by atoms with Crippen LogP contribution < -0.4 is 21.7 Å². The first kappa shape index (κ1) is 20.5. The van der Waals surface area contributed by atoms with Gasteiger partial charge in [0.1, 0.15) is 0 Å². The van der Waals surface area contributed by atoms with E-state index in [1.165, 1.54) is 4.68 Å². The van der Waals surface area contributed by atoms with Crippen molar-refractivity contribution < 1.29 is 4.79 Å². The summed E-state index contributed by atoms with van der Waals surface area (Å²) in [5.74, 6) is -0.483. The molecule has 0 unspecified atom stereocenters. The molecule has 8 heteroatoms. The topological polar surface area (TPSA) is 88.0 Å². The lowest BCUT2D eigenvalue weighted by atomic mass is 10.1. The Balaban J connectivity index is 1.85. The smallest absolute Gasteiger partial charge is 0.290 e. The summed E-state index contributed by atoms with van der Waals surface area (Å²) in [6.07, 6.45) is 3.23. The Morgan fingerprint density at radius 3 is 2.41 bits per heavy atom. The summed E-state index contributed by atoms with van der Waals surface area (Å²) < 4.78 is 1.23. The Labute approximate surface area is 174 Å². The molecular weight excluding hydrogens is 386 g/mol. The van der Waals surface area contributed by atoms with Gasteiger partial charge in [-0.05, 0) is 36.8 Å². The quantitative estimate of drug-likeness (QED) is 0.330. The lowest BCUT2D eigenvalue weighted by Crippen LogP contribution is -2.47. The van der Waals surface area contributed by atoms with Crippen LogP contribution in [0, 0.1) is 0 Å². The molecule has 1 heterocycles. The first-order valence-corrected chi connectivity index (χ1v) is 9.94. The molecule has 0 aliphatic heterocycles. The number of aromatic nitrogens is 2. The molecule has 0 bridgehead atoms. The van der Waals surface area contributed by atoms with E-state index in [2.05, 4.69) is 28.2 Å². The number of unbranched alkanes of at least 4 members (excludes halogenated alkanes) is 2. The van der Waals surface area contributed by atoms with Crippen molar-refractivity contribution in [3.8, 4) is 5.69 Å². The Morgan fingerprint density at radius 2 is 1.69 bits per heavy atom. The average Bonchev–Trinajstić information content (AvgIpc) is 2.76. The minimum absolute atomic E-state index is 0.130. The van der Waals surface area contributed by atoms with Crippen LogP contribution in [-0.4, -0.2) is 27.3 Å². The van der Waals surface area contributed by atoms with Crippen LogP contribution in [0.2, 0.25) is 0 Å². The van der Waals surface area contributed by atoms with E-state index < -0.39 is 5.91 Å². The number of benzene rings is 2. The number of hydrogen-bond acceptors (Lipinski definition) is 4. The van der Waals surface area contributed by atoms with E-state index in [0.29, 0.717) is 21.6 Å².